The Bertz CT molecular complexity index is 561. The Kier molecular flexibility index (Phi) is 3.74. The summed E-state index contributed by atoms with van der Waals surface area (Å²) in [4.78, 5) is 18.9. The van der Waals surface area contributed by atoms with Gasteiger partial charge in [-0.15, -0.1) is 11.6 Å². The van der Waals surface area contributed by atoms with E-state index in [1.165, 1.54) is 6.20 Å². The minimum atomic E-state index is -1.16. The molecule has 1 heterocycles. The standard InChI is InChI=1S/C12H10ClN3O2/c13-6-10-14-7-9(15-12(17)18)11(16-10)8-4-2-1-3-5-8/h1-5,7,15H,6H2,(H,17,18). The number of benzene rings is 1. The number of anilines is 1. The van der Waals surface area contributed by atoms with E-state index in [4.69, 9.17) is 16.7 Å². The zero-order valence-electron chi connectivity index (χ0n) is 9.30. The van der Waals surface area contributed by atoms with Crippen molar-refractivity contribution in [2.75, 3.05) is 5.32 Å². The molecule has 1 aromatic carbocycles. The first-order valence-electron chi connectivity index (χ1n) is 5.18. The van der Waals surface area contributed by atoms with Gasteiger partial charge in [-0.2, -0.15) is 0 Å². The van der Waals surface area contributed by atoms with E-state index in [0.29, 0.717) is 17.2 Å². The number of carbonyl (C=O) groups is 1. The van der Waals surface area contributed by atoms with E-state index in [0.717, 1.165) is 5.56 Å². The van der Waals surface area contributed by atoms with Crippen molar-refractivity contribution in [2.45, 2.75) is 5.88 Å². The van der Waals surface area contributed by atoms with Gasteiger partial charge in [0.1, 0.15) is 5.82 Å². The molecule has 1 amide bonds. The number of aromatic nitrogens is 2. The second-order valence-electron chi connectivity index (χ2n) is 3.48. The number of halogens is 1. The Morgan fingerprint density at radius 2 is 2.06 bits per heavy atom. The van der Waals surface area contributed by atoms with Gasteiger partial charge in [0.25, 0.3) is 0 Å². The van der Waals surface area contributed by atoms with Gasteiger partial charge in [0.2, 0.25) is 0 Å². The van der Waals surface area contributed by atoms with Gasteiger partial charge in [0.05, 0.1) is 23.5 Å². The molecule has 0 radical (unpaired) electrons. The topological polar surface area (TPSA) is 75.1 Å². The Labute approximate surface area is 108 Å². The highest BCUT2D eigenvalue weighted by molar-refractivity contribution is 6.16. The predicted octanol–water partition coefficient (Wildman–Crippen LogP) is 2.97. The van der Waals surface area contributed by atoms with Crippen LogP contribution in [0.1, 0.15) is 5.82 Å². The molecule has 1 aromatic heterocycles. The third kappa shape index (κ3) is 2.75. The van der Waals surface area contributed by atoms with Crippen molar-refractivity contribution >= 4 is 23.4 Å². The van der Waals surface area contributed by atoms with Crippen LogP contribution in [0.2, 0.25) is 0 Å². The molecule has 0 aliphatic rings. The Hall–Kier alpha value is -2.14. The summed E-state index contributed by atoms with van der Waals surface area (Å²) in [6.07, 6.45) is 0.260. The van der Waals surface area contributed by atoms with Gasteiger partial charge in [0, 0.05) is 5.56 Å². The van der Waals surface area contributed by atoms with E-state index >= 15 is 0 Å². The van der Waals surface area contributed by atoms with E-state index in [2.05, 4.69) is 15.3 Å². The highest BCUT2D eigenvalue weighted by Crippen LogP contribution is 2.25. The van der Waals surface area contributed by atoms with Crippen molar-refractivity contribution in [1.82, 2.24) is 9.97 Å². The van der Waals surface area contributed by atoms with E-state index < -0.39 is 6.09 Å². The summed E-state index contributed by atoms with van der Waals surface area (Å²) in [7, 11) is 0. The molecule has 0 fully saturated rings. The molecular formula is C12H10ClN3O2. The Balaban J connectivity index is 2.51. The lowest BCUT2D eigenvalue weighted by atomic mass is 10.1. The molecule has 0 spiro atoms. The second-order valence-corrected chi connectivity index (χ2v) is 3.75. The quantitative estimate of drug-likeness (QED) is 0.835. The first-order chi connectivity index (χ1) is 8.70. The minimum absolute atomic E-state index is 0.174. The highest BCUT2D eigenvalue weighted by atomic mass is 35.5. The second kappa shape index (κ2) is 5.46. The molecule has 0 saturated carbocycles. The summed E-state index contributed by atoms with van der Waals surface area (Å²) >= 11 is 5.68. The zero-order valence-corrected chi connectivity index (χ0v) is 10.1. The smallest absolute Gasteiger partial charge is 0.409 e. The van der Waals surface area contributed by atoms with E-state index in [1.54, 1.807) is 0 Å². The third-order valence-electron chi connectivity index (χ3n) is 2.25. The Morgan fingerprint density at radius 1 is 1.33 bits per heavy atom. The van der Waals surface area contributed by atoms with Gasteiger partial charge in [-0.1, -0.05) is 30.3 Å². The normalized spacial score (nSPS) is 10.1. The average molecular weight is 264 g/mol. The van der Waals surface area contributed by atoms with Crippen LogP contribution < -0.4 is 5.32 Å². The van der Waals surface area contributed by atoms with Crippen LogP contribution >= 0.6 is 11.6 Å². The van der Waals surface area contributed by atoms with Crippen molar-refractivity contribution in [3.63, 3.8) is 0 Å². The number of rotatable bonds is 3. The monoisotopic (exact) mass is 263 g/mol. The van der Waals surface area contributed by atoms with Gasteiger partial charge >= 0.3 is 6.09 Å². The number of carboxylic acid groups (broad SMARTS) is 1. The maximum atomic E-state index is 10.7. The molecule has 0 unspecified atom stereocenters. The molecule has 5 nitrogen and oxygen atoms in total. The molecule has 2 rings (SSSR count). The fourth-order valence-electron chi connectivity index (χ4n) is 1.51. The number of hydrogen-bond donors (Lipinski definition) is 2. The van der Waals surface area contributed by atoms with Crippen molar-refractivity contribution in [3.8, 4) is 11.3 Å². The maximum absolute atomic E-state index is 10.7. The lowest BCUT2D eigenvalue weighted by Gasteiger charge is -2.09. The predicted molar refractivity (Wildman–Crippen MR) is 68.7 cm³/mol. The summed E-state index contributed by atoms with van der Waals surface area (Å²) in [5.41, 5.74) is 1.65. The van der Waals surface area contributed by atoms with Crippen molar-refractivity contribution in [2.24, 2.45) is 0 Å². The average Bonchev–Trinajstić information content (AvgIpc) is 2.39. The van der Waals surface area contributed by atoms with Crippen LogP contribution in [0.4, 0.5) is 10.5 Å². The van der Waals surface area contributed by atoms with Crippen molar-refractivity contribution < 1.29 is 9.90 Å². The SMILES string of the molecule is O=C(O)Nc1cnc(CCl)nc1-c1ccccc1. The lowest BCUT2D eigenvalue weighted by molar-refractivity contribution is 0.209. The van der Waals surface area contributed by atoms with Crippen LogP contribution in [0.3, 0.4) is 0 Å². The molecule has 2 aromatic rings. The molecule has 0 aliphatic carbocycles. The largest absolute Gasteiger partial charge is 0.465 e. The van der Waals surface area contributed by atoms with Crippen LogP contribution in [0.25, 0.3) is 11.3 Å². The third-order valence-corrected chi connectivity index (χ3v) is 2.49. The maximum Gasteiger partial charge on any atom is 0.409 e. The highest BCUT2D eigenvalue weighted by Gasteiger charge is 2.11. The van der Waals surface area contributed by atoms with Gasteiger partial charge in [-0.3, -0.25) is 5.32 Å². The Morgan fingerprint density at radius 3 is 2.67 bits per heavy atom. The van der Waals surface area contributed by atoms with Crippen LogP contribution in [0, 0.1) is 0 Å². The van der Waals surface area contributed by atoms with Gasteiger partial charge in [-0.25, -0.2) is 14.8 Å². The van der Waals surface area contributed by atoms with Crippen LogP contribution in [0.15, 0.2) is 36.5 Å². The van der Waals surface area contributed by atoms with Crippen LogP contribution in [0.5, 0.6) is 0 Å². The molecule has 2 N–H and O–H groups in total. The first-order valence-corrected chi connectivity index (χ1v) is 5.71. The number of amides is 1. The molecule has 92 valence electrons. The van der Waals surface area contributed by atoms with Crippen molar-refractivity contribution in [3.05, 3.63) is 42.4 Å². The molecule has 18 heavy (non-hydrogen) atoms. The lowest BCUT2D eigenvalue weighted by Crippen LogP contribution is -2.10. The van der Waals surface area contributed by atoms with Crippen molar-refractivity contribution in [1.29, 1.82) is 0 Å². The van der Waals surface area contributed by atoms with Crippen LogP contribution in [-0.4, -0.2) is 21.2 Å². The summed E-state index contributed by atoms with van der Waals surface area (Å²) in [5.74, 6) is 0.624. The number of alkyl halides is 1. The molecular weight excluding hydrogens is 254 g/mol. The van der Waals surface area contributed by atoms with E-state index in [9.17, 15) is 4.79 Å². The van der Waals surface area contributed by atoms with E-state index in [1.807, 2.05) is 30.3 Å². The molecule has 6 heteroatoms. The summed E-state index contributed by atoms with van der Waals surface area (Å²) in [6, 6.07) is 9.25. The molecule has 0 aliphatic heterocycles. The van der Waals surface area contributed by atoms with Gasteiger partial charge in [-0.05, 0) is 0 Å². The summed E-state index contributed by atoms with van der Waals surface area (Å²) in [5, 5.41) is 11.0. The van der Waals surface area contributed by atoms with Gasteiger partial charge in [0.15, 0.2) is 0 Å². The van der Waals surface area contributed by atoms with Gasteiger partial charge < -0.3 is 5.11 Å². The summed E-state index contributed by atoms with van der Waals surface area (Å²) in [6.45, 7) is 0. The molecule has 0 saturated heterocycles. The fraction of sp³-hybridized carbons (Fsp3) is 0.0833. The minimum Gasteiger partial charge on any atom is -0.465 e. The number of nitrogens with one attached hydrogen (secondary N) is 1. The van der Waals surface area contributed by atoms with E-state index in [-0.39, 0.29) is 5.88 Å². The number of nitrogens with zero attached hydrogens (tertiary/aromatic N) is 2. The fourth-order valence-corrected chi connectivity index (χ4v) is 1.63. The first kappa shape index (κ1) is 12.3. The zero-order chi connectivity index (χ0) is 13.0. The summed E-state index contributed by atoms with van der Waals surface area (Å²) < 4.78 is 0. The van der Waals surface area contributed by atoms with Crippen LogP contribution in [-0.2, 0) is 5.88 Å². The number of hydrogen-bond acceptors (Lipinski definition) is 3. The molecule has 0 atom stereocenters. The molecule has 0 bridgehead atoms.